The van der Waals surface area contributed by atoms with Gasteiger partial charge in [-0.3, -0.25) is 4.68 Å². The number of benzene rings is 1. The number of nitrogens with zero attached hydrogens (tertiary/aromatic N) is 2. The average molecular weight is 433 g/mol. The highest BCUT2D eigenvalue weighted by atomic mass is 79.9. The molecule has 1 atom stereocenters. The van der Waals surface area contributed by atoms with E-state index in [2.05, 4.69) is 85.1 Å². The summed E-state index contributed by atoms with van der Waals surface area (Å²) in [7, 11) is 0. The average Bonchev–Trinajstić information content (AvgIpc) is 2.86. The summed E-state index contributed by atoms with van der Waals surface area (Å²) in [6, 6.07) is 8.72. The van der Waals surface area contributed by atoms with Gasteiger partial charge in [-0.15, -0.1) is 11.8 Å². The van der Waals surface area contributed by atoms with Gasteiger partial charge in [0.15, 0.2) is 0 Å². The molecule has 0 radical (unpaired) electrons. The van der Waals surface area contributed by atoms with Crippen LogP contribution in [0.1, 0.15) is 25.6 Å². The Morgan fingerprint density at radius 2 is 1.95 bits per heavy atom. The van der Waals surface area contributed by atoms with Gasteiger partial charge in [0.2, 0.25) is 0 Å². The van der Waals surface area contributed by atoms with Crippen molar-refractivity contribution in [3.63, 3.8) is 0 Å². The van der Waals surface area contributed by atoms with Crippen molar-refractivity contribution in [2.75, 3.05) is 12.3 Å². The van der Waals surface area contributed by atoms with E-state index in [0.29, 0.717) is 0 Å². The molecule has 2 aromatic rings. The van der Waals surface area contributed by atoms with E-state index in [9.17, 15) is 0 Å². The van der Waals surface area contributed by atoms with Crippen LogP contribution in [0.4, 0.5) is 0 Å². The molecule has 0 bridgehead atoms. The molecule has 0 aliphatic heterocycles. The van der Waals surface area contributed by atoms with E-state index in [1.807, 2.05) is 18.0 Å². The van der Waals surface area contributed by atoms with Gasteiger partial charge in [-0.1, -0.05) is 22.9 Å². The van der Waals surface area contributed by atoms with Crippen molar-refractivity contribution >= 4 is 43.6 Å². The fourth-order valence-electron chi connectivity index (χ4n) is 2.16. The van der Waals surface area contributed by atoms with Crippen LogP contribution in [0.25, 0.3) is 0 Å². The summed E-state index contributed by atoms with van der Waals surface area (Å²) in [5.74, 6) is 0.972. The Kier molecular flexibility index (Phi) is 6.79. The van der Waals surface area contributed by atoms with E-state index in [0.717, 1.165) is 27.8 Å². The Bertz CT molecular complexity index is 569. The summed E-state index contributed by atoms with van der Waals surface area (Å²) in [6.45, 7) is 6.07. The van der Waals surface area contributed by atoms with Crippen LogP contribution in [0.15, 0.2) is 44.3 Å². The van der Waals surface area contributed by atoms with Crippen molar-refractivity contribution in [3.05, 3.63) is 45.1 Å². The minimum absolute atomic E-state index is 0.278. The zero-order valence-electron chi connectivity index (χ0n) is 12.1. The Hall–Kier alpha value is -0.300. The van der Waals surface area contributed by atoms with E-state index in [4.69, 9.17) is 0 Å². The molecular formula is C15H19Br2N3S. The molecule has 0 saturated heterocycles. The third-order valence-corrected chi connectivity index (χ3v) is 5.39. The SMILES string of the molecule is CCNC(CSc1ccc(Br)cc1)c1c(Br)cnn1CC. The second kappa shape index (κ2) is 8.36. The third-order valence-electron chi connectivity index (χ3n) is 3.14. The van der Waals surface area contributed by atoms with Crippen molar-refractivity contribution in [2.45, 2.75) is 31.3 Å². The van der Waals surface area contributed by atoms with E-state index in [1.165, 1.54) is 10.6 Å². The van der Waals surface area contributed by atoms with Gasteiger partial charge in [0.05, 0.1) is 22.4 Å². The molecule has 1 heterocycles. The molecule has 1 N–H and O–H groups in total. The summed E-state index contributed by atoms with van der Waals surface area (Å²) in [6.07, 6.45) is 1.88. The molecule has 2 rings (SSSR count). The molecule has 3 nitrogen and oxygen atoms in total. The molecule has 6 heteroatoms. The highest BCUT2D eigenvalue weighted by Crippen LogP contribution is 2.29. The Labute approximate surface area is 147 Å². The highest BCUT2D eigenvalue weighted by Gasteiger charge is 2.19. The minimum atomic E-state index is 0.278. The lowest BCUT2D eigenvalue weighted by atomic mass is 10.2. The maximum absolute atomic E-state index is 4.42. The lowest BCUT2D eigenvalue weighted by Crippen LogP contribution is -2.26. The van der Waals surface area contributed by atoms with Crippen LogP contribution in [0, 0.1) is 0 Å². The largest absolute Gasteiger partial charge is 0.308 e. The fraction of sp³-hybridized carbons (Fsp3) is 0.400. The van der Waals surface area contributed by atoms with Crippen molar-refractivity contribution in [1.82, 2.24) is 15.1 Å². The number of thioether (sulfide) groups is 1. The van der Waals surface area contributed by atoms with Crippen molar-refractivity contribution in [1.29, 1.82) is 0 Å². The first-order valence-corrected chi connectivity index (χ1v) is 9.55. The Morgan fingerprint density at radius 3 is 2.57 bits per heavy atom. The molecule has 0 spiro atoms. The van der Waals surface area contributed by atoms with Crippen LogP contribution in [0.3, 0.4) is 0 Å². The highest BCUT2D eigenvalue weighted by molar-refractivity contribution is 9.10. The Morgan fingerprint density at radius 1 is 1.24 bits per heavy atom. The van der Waals surface area contributed by atoms with Crippen LogP contribution < -0.4 is 5.32 Å². The zero-order valence-corrected chi connectivity index (χ0v) is 16.1. The van der Waals surface area contributed by atoms with E-state index in [1.54, 1.807) is 0 Å². The zero-order chi connectivity index (χ0) is 15.2. The molecular weight excluding hydrogens is 414 g/mol. The summed E-state index contributed by atoms with van der Waals surface area (Å²) in [5, 5.41) is 7.98. The lowest BCUT2D eigenvalue weighted by Gasteiger charge is -2.19. The molecule has 1 aromatic carbocycles. The van der Waals surface area contributed by atoms with Gasteiger partial charge in [-0.2, -0.15) is 5.10 Å². The number of aryl methyl sites for hydroxylation is 1. The number of rotatable bonds is 7. The van der Waals surface area contributed by atoms with Gasteiger partial charge < -0.3 is 5.32 Å². The summed E-state index contributed by atoms with van der Waals surface area (Å²) in [4.78, 5) is 1.28. The predicted octanol–water partition coefficient (Wildman–Crippen LogP) is 4.87. The van der Waals surface area contributed by atoms with Gasteiger partial charge in [-0.25, -0.2) is 0 Å². The molecule has 0 amide bonds. The first-order chi connectivity index (χ1) is 10.2. The molecule has 21 heavy (non-hydrogen) atoms. The molecule has 1 unspecified atom stereocenters. The van der Waals surface area contributed by atoms with Gasteiger partial charge >= 0.3 is 0 Å². The molecule has 0 aliphatic rings. The second-order valence-electron chi connectivity index (χ2n) is 4.57. The van der Waals surface area contributed by atoms with E-state index >= 15 is 0 Å². The second-order valence-corrected chi connectivity index (χ2v) is 7.43. The summed E-state index contributed by atoms with van der Waals surface area (Å²) >= 11 is 8.95. The third kappa shape index (κ3) is 4.58. The Balaban J connectivity index is 2.11. The monoisotopic (exact) mass is 431 g/mol. The molecule has 0 aliphatic carbocycles. The maximum atomic E-state index is 4.42. The van der Waals surface area contributed by atoms with E-state index in [-0.39, 0.29) is 6.04 Å². The summed E-state index contributed by atoms with van der Waals surface area (Å²) in [5.41, 5.74) is 1.23. The minimum Gasteiger partial charge on any atom is -0.308 e. The van der Waals surface area contributed by atoms with Crippen LogP contribution in [0.2, 0.25) is 0 Å². The molecule has 0 saturated carbocycles. The quantitative estimate of drug-likeness (QED) is 0.632. The van der Waals surface area contributed by atoms with E-state index < -0.39 is 0 Å². The molecule has 1 aromatic heterocycles. The summed E-state index contributed by atoms with van der Waals surface area (Å²) < 4.78 is 4.24. The first kappa shape index (κ1) is 17.1. The van der Waals surface area contributed by atoms with Crippen molar-refractivity contribution in [3.8, 4) is 0 Å². The number of hydrogen-bond acceptors (Lipinski definition) is 3. The lowest BCUT2D eigenvalue weighted by molar-refractivity contribution is 0.525. The molecule has 0 fully saturated rings. The maximum Gasteiger partial charge on any atom is 0.0704 e. The van der Waals surface area contributed by atoms with Crippen molar-refractivity contribution in [2.24, 2.45) is 0 Å². The predicted molar refractivity (Wildman–Crippen MR) is 96.9 cm³/mol. The number of halogens is 2. The number of aromatic nitrogens is 2. The van der Waals surface area contributed by atoms with Gasteiger partial charge in [-0.05, 0) is 53.7 Å². The van der Waals surface area contributed by atoms with Crippen LogP contribution in [-0.2, 0) is 6.54 Å². The fourth-order valence-corrected chi connectivity index (χ4v) is 3.96. The van der Waals surface area contributed by atoms with Gasteiger partial charge in [0.25, 0.3) is 0 Å². The number of hydrogen-bond donors (Lipinski definition) is 1. The van der Waals surface area contributed by atoms with Gasteiger partial charge in [0, 0.05) is 21.7 Å². The van der Waals surface area contributed by atoms with Crippen molar-refractivity contribution < 1.29 is 0 Å². The first-order valence-electron chi connectivity index (χ1n) is 6.98. The van der Waals surface area contributed by atoms with Gasteiger partial charge in [0.1, 0.15) is 0 Å². The smallest absolute Gasteiger partial charge is 0.0704 e. The number of nitrogens with one attached hydrogen (secondary N) is 1. The van der Waals surface area contributed by atoms with Crippen LogP contribution in [-0.4, -0.2) is 22.1 Å². The van der Waals surface area contributed by atoms with Crippen LogP contribution in [0.5, 0.6) is 0 Å². The molecule has 114 valence electrons. The van der Waals surface area contributed by atoms with Crippen LogP contribution >= 0.6 is 43.6 Å². The standard InChI is InChI=1S/C15H19Br2N3S/c1-3-18-14(15-13(17)9-19-20(15)4-2)10-21-12-7-5-11(16)6-8-12/h5-9,14,18H,3-4,10H2,1-2H3. The normalized spacial score (nSPS) is 12.6. The topological polar surface area (TPSA) is 29.9 Å².